The van der Waals surface area contributed by atoms with Gasteiger partial charge in [-0.05, 0) is 45.7 Å². The Morgan fingerprint density at radius 1 is 1.25 bits per heavy atom. The normalized spacial score (nSPS) is 13.2. The number of nitrogens with one attached hydrogen (secondary N) is 1. The Bertz CT molecular complexity index is 192. The van der Waals surface area contributed by atoms with E-state index in [0.29, 0.717) is 18.5 Å². The summed E-state index contributed by atoms with van der Waals surface area (Å²) < 4.78 is 0. The van der Waals surface area contributed by atoms with Crippen LogP contribution in [0.4, 0.5) is 0 Å². The van der Waals surface area contributed by atoms with Crippen molar-refractivity contribution in [2.75, 3.05) is 20.1 Å². The molecule has 0 fully saturated rings. The molecule has 0 heterocycles. The molecule has 0 unspecified atom stereocenters. The van der Waals surface area contributed by atoms with Gasteiger partial charge in [0.05, 0.1) is 6.54 Å². The predicted molar refractivity (Wildman–Crippen MR) is 69.5 cm³/mol. The molecule has 0 aliphatic heterocycles. The average molecular weight is 228 g/mol. The predicted octanol–water partition coefficient (Wildman–Crippen LogP) is 2.27. The molecule has 0 saturated carbocycles. The number of likely N-dealkylation sites (N-methyl/N-ethyl adjacent to an activating group) is 1. The van der Waals surface area contributed by atoms with Gasteiger partial charge in [0.15, 0.2) is 0 Å². The van der Waals surface area contributed by atoms with Crippen molar-refractivity contribution in [3.8, 4) is 0 Å². The Morgan fingerprint density at radius 3 is 2.38 bits per heavy atom. The number of nitrogens with zero attached hydrogens (tertiary/aromatic N) is 1. The van der Waals surface area contributed by atoms with Gasteiger partial charge in [-0.25, -0.2) is 0 Å². The summed E-state index contributed by atoms with van der Waals surface area (Å²) in [6.45, 7) is 10.1. The molecule has 0 radical (unpaired) electrons. The third-order valence-corrected chi connectivity index (χ3v) is 2.60. The minimum atomic E-state index is 0.146. The van der Waals surface area contributed by atoms with Crippen LogP contribution in [0, 0.1) is 5.92 Å². The number of carbonyl (C=O) groups is 1. The molecule has 0 aliphatic carbocycles. The molecule has 3 heteroatoms. The van der Waals surface area contributed by atoms with Crippen molar-refractivity contribution in [2.45, 2.75) is 53.0 Å². The molecule has 0 aromatic heterocycles. The first-order chi connectivity index (χ1) is 7.45. The highest BCUT2D eigenvalue weighted by atomic mass is 16.2. The Kier molecular flexibility index (Phi) is 8.26. The van der Waals surface area contributed by atoms with E-state index >= 15 is 0 Å². The highest BCUT2D eigenvalue weighted by Crippen LogP contribution is 2.06. The lowest BCUT2D eigenvalue weighted by Gasteiger charge is -2.18. The second-order valence-electron chi connectivity index (χ2n) is 5.18. The van der Waals surface area contributed by atoms with Gasteiger partial charge in [-0.1, -0.05) is 20.8 Å². The molecular weight excluding hydrogens is 200 g/mol. The van der Waals surface area contributed by atoms with E-state index in [0.717, 1.165) is 19.4 Å². The second kappa shape index (κ2) is 8.57. The minimum absolute atomic E-state index is 0.146. The Hall–Kier alpha value is -0.570. The third kappa shape index (κ3) is 8.72. The summed E-state index contributed by atoms with van der Waals surface area (Å²) in [4.78, 5) is 13.7. The molecule has 16 heavy (non-hydrogen) atoms. The van der Waals surface area contributed by atoms with Crippen LogP contribution in [0.2, 0.25) is 0 Å². The number of amides is 1. The molecule has 0 saturated heterocycles. The van der Waals surface area contributed by atoms with Gasteiger partial charge in [-0.3, -0.25) is 9.69 Å². The van der Waals surface area contributed by atoms with Crippen LogP contribution in [0.15, 0.2) is 0 Å². The first kappa shape index (κ1) is 15.4. The Labute approximate surface area is 101 Å². The van der Waals surface area contributed by atoms with Crippen LogP contribution in [0.1, 0.15) is 47.0 Å². The minimum Gasteiger partial charge on any atom is -0.353 e. The van der Waals surface area contributed by atoms with E-state index in [1.807, 2.05) is 7.05 Å². The zero-order valence-corrected chi connectivity index (χ0v) is 11.5. The standard InChI is InChI=1S/C13H28N2O/c1-6-9-15(5)10-13(16)14-12(4)8-7-11(2)3/h11-12H,6-10H2,1-5H3,(H,14,16)/t12-/m0/s1. The van der Waals surface area contributed by atoms with E-state index in [9.17, 15) is 4.79 Å². The van der Waals surface area contributed by atoms with Crippen LogP contribution in [0.3, 0.4) is 0 Å². The van der Waals surface area contributed by atoms with Gasteiger partial charge in [-0.15, -0.1) is 0 Å². The van der Waals surface area contributed by atoms with E-state index < -0.39 is 0 Å². The number of hydrogen-bond acceptors (Lipinski definition) is 2. The molecule has 0 aromatic rings. The van der Waals surface area contributed by atoms with Crippen LogP contribution in [-0.4, -0.2) is 37.0 Å². The maximum absolute atomic E-state index is 11.6. The summed E-state index contributed by atoms with van der Waals surface area (Å²) in [5.41, 5.74) is 0. The summed E-state index contributed by atoms with van der Waals surface area (Å²) in [6, 6.07) is 0.296. The number of carbonyl (C=O) groups excluding carboxylic acids is 1. The lowest BCUT2D eigenvalue weighted by molar-refractivity contribution is -0.122. The smallest absolute Gasteiger partial charge is 0.234 e. The molecule has 1 N–H and O–H groups in total. The molecular formula is C13H28N2O. The van der Waals surface area contributed by atoms with Crippen molar-refractivity contribution in [1.29, 1.82) is 0 Å². The highest BCUT2D eigenvalue weighted by molar-refractivity contribution is 5.78. The summed E-state index contributed by atoms with van der Waals surface area (Å²) in [6.07, 6.45) is 3.33. The fourth-order valence-corrected chi connectivity index (χ4v) is 1.68. The molecule has 0 spiro atoms. The quantitative estimate of drug-likeness (QED) is 0.691. The number of hydrogen-bond donors (Lipinski definition) is 1. The average Bonchev–Trinajstić information content (AvgIpc) is 2.14. The first-order valence-electron chi connectivity index (χ1n) is 6.43. The first-order valence-corrected chi connectivity index (χ1v) is 6.43. The van der Waals surface area contributed by atoms with Gasteiger partial charge in [0.2, 0.25) is 5.91 Å². The topological polar surface area (TPSA) is 32.3 Å². The molecule has 3 nitrogen and oxygen atoms in total. The van der Waals surface area contributed by atoms with E-state index in [2.05, 4.69) is 37.9 Å². The molecule has 0 aromatic carbocycles. The molecule has 1 atom stereocenters. The van der Waals surface area contributed by atoms with E-state index in [-0.39, 0.29) is 5.91 Å². The maximum Gasteiger partial charge on any atom is 0.234 e. The fraction of sp³-hybridized carbons (Fsp3) is 0.923. The van der Waals surface area contributed by atoms with Crippen LogP contribution in [-0.2, 0) is 4.79 Å². The van der Waals surface area contributed by atoms with Crippen LogP contribution < -0.4 is 5.32 Å². The van der Waals surface area contributed by atoms with Crippen molar-refractivity contribution < 1.29 is 4.79 Å². The van der Waals surface area contributed by atoms with Gasteiger partial charge in [0, 0.05) is 6.04 Å². The van der Waals surface area contributed by atoms with Gasteiger partial charge in [-0.2, -0.15) is 0 Å². The van der Waals surface area contributed by atoms with E-state index in [4.69, 9.17) is 0 Å². The highest BCUT2D eigenvalue weighted by Gasteiger charge is 2.09. The van der Waals surface area contributed by atoms with Crippen LogP contribution in [0.5, 0.6) is 0 Å². The largest absolute Gasteiger partial charge is 0.353 e. The second-order valence-corrected chi connectivity index (χ2v) is 5.18. The van der Waals surface area contributed by atoms with E-state index in [1.54, 1.807) is 0 Å². The summed E-state index contributed by atoms with van der Waals surface area (Å²) in [5.74, 6) is 0.856. The van der Waals surface area contributed by atoms with Crippen molar-refractivity contribution in [3.05, 3.63) is 0 Å². The van der Waals surface area contributed by atoms with Crippen molar-refractivity contribution >= 4 is 5.91 Å². The fourth-order valence-electron chi connectivity index (χ4n) is 1.68. The molecule has 1 amide bonds. The van der Waals surface area contributed by atoms with Crippen LogP contribution >= 0.6 is 0 Å². The summed E-state index contributed by atoms with van der Waals surface area (Å²) in [7, 11) is 1.99. The van der Waals surface area contributed by atoms with Crippen molar-refractivity contribution in [3.63, 3.8) is 0 Å². The maximum atomic E-state index is 11.6. The Balaban J connectivity index is 3.69. The van der Waals surface area contributed by atoms with E-state index in [1.165, 1.54) is 6.42 Å². The summed E-state index contributed by atoms with van der Waals surface area (Å²) in [5, 5.41) is 3.04. The molecule has 0 aliphatic rings. The van der Waals surface area contributed by atoms with Gasteiger partial charge in [0.25, 0.3) is 0 Å². The lowest BCUT2D eigenvalue weighted by Crippen LogP contribution is -2.40. The SMILES string of the molecule is CCCN(C)CC(=O)N[C@@H](C)CCC(C)C. The lowest BCUT2D eigenvalue weighted by atomic mass is 10.0. The van der Waals surface area contributed by atoms with Gasteiger partial charge >= 0.3 is 0 Å². The third-order valence-electron chi connectivity index (χ3n) is 2.60. The molecule has 96 valence electrons. The monoisotopic (exact) mass is 228 g/mol. The van der Waals surface area contributed by atoms with Gasteiger partial charge < -0.3 is 5.32 Å². The van der Waals surface area contributed by atoms with Gasteiger partial charge in [0.1, 0.15) is 0 Å². The van der Waals surface area contributed by atoms with Crippen molar-refractivity contribution in [1.82, 2.24) is 10.2 Å². The van der Waals surface area contributed by atoms with Crippen molar-refractivity contribution in [2.24, 2.45) is 5.92 Å². The zero-order chi connectivity index (χ0) is 12.6. The Morgan fingerprint density at radius 2 is 1.88 bits per heavy atom. The zero-order valence-electron chi connectivity index (χ0n) is 11.5. The number of rotatable bonds is 8. The molecule has 0 bridgehead atoms. The van der Waals surface area contributed by atoms with Crippen LogP contribution in [0.25, 0.3) is 0 Å². The summed E-state index contributed by atoms with van der Waals surface area (Å²) >= 11 is 0. The molecule has 0 rings (SSSR count).